The maximum Gasteiger partial charge on any atom is 0.203 e. The fourth-order valence-electron chi connectivity index (χ4n) is 1.53. The van der Waals surface area contributed by atoms with Gasteiger partial charge >= 0.3 is 0 Å². The van der Waals surface area contributed by atoms with E-state index in [0.717, 1.165) is 12.1 Å². The Hall–Kier alpha value is -1.65. The number of Topliss-reactive ketones (excluding diaryl/α,β-unsaturated/α-hetero) is 1. The van der Waals surface area contributed by atoms with E-state index >= 15 is 0 Å². The van der Waals surface area contributed by atoms with Crippen molar-refractivity contribution in [3.05, 3.63) is 63.6 Å². The van der Waals surface area contributed by atoms with Gasteiger partial charge in [-0.15, -0.1) is 0 Å². The molecule has 0 saturated heterocycles. The van der Waals surface area contributed by atoms with Gasteiger partial charge < -0.3 is 4.74 Å². The van der Waals surface area contributed by atoms with Gasteiger partial charge in [-0.25, -0.2) is 8.78 Å². The van der Waals surface area contributed by atoms with Crippen LogP contribution in [-0.4, -0.2) is 12.4 Å². The minimum absolute atomic E-state index is 0.168. The summed E-state index contributed by atoms with van der Waals surface area (Å²) < 4.78 is 31.3. The highest BCUT2D eigenvalue weighted by Gasteiger charge is 2.14. The molecule has 0 spiro atoms. The van der Waals surface area contributed by atoms with Gasteiger partial charge in [0.05, 0.1) is 10.6 Å². The van der Waals surface area contributed by atoms with Gasteiger partial charge in [-0.1, -0.05) is 29.3 Å². The molecule has 0 N–H and O–H groups in total. The van der Waals surface area contributed by atoms with Crippen LogP contribution in [0.15, 0.2) is 36.4 Å². The summed E-state index contributed by atoms with van der Waals surface area (Å²) in [4.78, 5) is 11.8. The normalized spacial score (nSPS) is 10.4. The molecule has 104 valence electrons. The lowest BCUT2D eigenvalue weighted by atomic mass is 10.1. The zero-order valence-electron chi connectivity index (χ0n) is 10.00. The first kappa shape index (κ1) is 14.8. The second kappa shape index (κ2) is 6.20. The highest BCUT2D eigenvalue weighted by Crippen LogP contribution is 2.31. The van der Waals surface area contributed by atoms with Crippen LogP contribution in [0.3, 0.4) is 0 Å². The van der Waals surface area contributed by atoms with Crippen LogP contribution in [0.25, 0.3) is 0 Å². The molecule has 0 aliphatic carbocycles. The molecule has 2 nitrogen and oxygen atoms in total. The first-order valence-electron chi connectivity index (χ1n) is 5.54. The van der Waals surface area contributed by atoms with Gasteiger partial charge in [-0.2, -0.15) is 0 Å². The highest BCUT2D eigenvalue weighted by atomic mass is 35.5. The Kier molecular flexibility index (Phi) is 4.57. The summed E-state index contributed by atoms with van der Waals surface area (Å²) in [6.07, 6.45) is 0. The average Bonchev–Trinajstić information content (AvgIpc) is 2.40. The minimum atomic E-state index is -0.934. The summed E-state index contributed by atoms with van der Waals surface area (Å²) in [5.41, 5.74) is -0.246. The van der Waals surface area contributed by atoms with Crippen molar-refractivity contribution >= 4 is 29.0 Å². The Labute approximate surface area is 123 Å². The molecule has 0 bridgehead atoms. The molecule has 2 aromatic carbocycles. The van der Waals surface area contributed by atoms with E-state index in [0.29, 0.717) is 6.07 Å². The lowest BCUT2D eigenvalue weighted by Gasteiger charge is -2.08. The number of hydrogen-bond donors (Lipinski definition) is 0. The van der Waals surface area contributed by atoms with Gasteiger partial charge in [-0.3, -0.25) is 4.79 Å². The Morgan fingerprint density at radius 2 is 1.90 bits per heavy atom. The summed E-state index contributed by atoms with van der Waals surface area (Å²) in [5.74, 6) is -2.10. The molecule has 0 amide bonds. The van der Waals surface area contributed by atoms with E-state index in [9.17, 15) is 13.6 Å². The summed E-state index contributed by atoms with van der Waals surface area (Å²) in [6, 6.07) is 7.41. The van der Waals surface area contributed by atoms with Gasteiger partial charge in [0.1, 0.15) is 22.4 Å². The number of ether oxygens (including phenoxy) is 1. The molecule has 0 aromatic heterocycles. The van der Waals surface area contributed by atoms with E-state index in [1.54, 1.807) is 12.1 Å². The molecule has 0 saturated carbocycles. The monoisotopic (exact) mass is 316 g/mol. The number of halogens is 4. The standard InChI is InChI=1S/C14H8Cl2F2O2/c15-10-2-1-3-13(14(10)16)20-7-12(19)9-5-4-8(17)6-11(9)18/h1-6H,7H2. The fourth-order valence-corrected chi connectivity index (χ4v) is 1.88. The highest BCUT2D eigenvalue weighted by molar-refractivity contribution is 6.42. The number of ketones is 1. The maximum absolute atomic E-state index is 13.4. The second-order valence-corrected chi connectivity index (χ2v) is 4.67. The number of carbonyl (C=O) groups is 1. The topological polar surface area (TPSA) is 26.3 Å². The summed E-state index contributed by atoms with van der Waals surface area (Å²) in [5, 5.41) is 0.450. The number of carbonyl (C=O) groups excluding carboxylic acids is 1. The number of rotatable bonds is 4. The van der Waals surface area contributed by atoms with Gasteiger partial charge in [0, 0.05) is 6.07 Å². The Morgan fingerprint density at radius 1 is 1.15 bits per heavy atom. The van der Waals surface area contributed by atoms with E-state index in [4.69, 9.17) is 27.9 Å². The molecule has 2 aromatic rings. The zero-order chi connectivity index (χ0) is 14.7. The lowest BCUT2D eigenvalue weighted by molar-refractivity contribution is 0.0917. The molecule has 0 radical (unpaired) electrons. The third kappa shape index (κ3) is 3.26. The van der Waals surface area contributed by atoms with Crippen molar-refractivity contribution in [2.24, 2.45) is 0 Å². The predicted molar refractivity (Wildman–Crippen MR) is 72.6 cm³/mol. The Balaban J connectivity index is 2.11. The molecule has 0 unspecified atom stereocenters. The molecule has 0 fully saturated rings. The third-order valence-corrected chi connectivity index (χ3v) is 3.31. The SMILES string of the molecule is O=C(COc1cccc(Cl)c1Cl)c1ccc(F)cc1F. The van der Waals surface area contributed by atoms with Crippen molar-refractivity contribution in [1.82, 2.24) is 0 Å². The molecule has 0 atom stereocenters. The molecular weight excluding hydrogens is 309 g/mol. The molecule has 0 aliphatic heterocycles. The summed E-state index contributed by atoms with van der Waals surface area (Å²) in [7, 11) is 0. The summed E-state index contributed by atoms with van der Waals surface area (Å²) in [6.45, 7) is -0.428. The molecular formula is C14H8Cl2F2O2. The van der Waals surface area contributed by atoms with Crippen LogP contribution in [0.4, 0.5) is 8.78 Å². The first-order valence-corrected chi connectivity index (χ1v) is 6.29. The van der Waals surface area contributed by atoms with Crippen molar-refractivity contribution in [2.75, 3.05) is 6.61 Å². The lowest BCUT2D eigenvalue weighted by Crippen LogP contribution is -2.13. The quantitative estimate of drug-likeness (QED) is 0.774. The van der Waals surface area contributed by atoms with E-state index in [2.05, 4.69) is 0 Å². The second-order valence-electron chi connectivity index (χ2n) is 3.89. The van der Waals surface area contributed by atoms with Crippen LogP contribution >= 0.6 is 23.2 Å². The number of hydrogen-bond acceptors (Lipinski definition) is 2. The number of benzene rings is 2. The van der Waals surface area contributed by atoms with Crippen LogP contribution < -0.4 is 4.74 Å². The van der Waals surface area contributed by atoms with Crippen LogP contribution in [0, 0.1) is 11.6 Å². The smallest absolute Gasteiger partial charge is 0.203 e. The van der Waals surface area contributed by atoms with Gasteiger partial charge in [0.15, 0.2) is 6.61 Å². The summed E-state index contributed by atoms with van der Waals surface area (Å²) >= 11 is 11.7. The van der Waals surface area contributed by atoms with Crippen LogP contribution in [0.2, 0.25) is 10.0 Å². The van der Waals surface area contributed by atoms with Crippen molar-refractivity contribution in [1.29, 1.82) is 0 Å². The largest absolute Gasteiger partial charge is 0.484 e. The molecule has 6 heteroatoms. The third-order valence-electron chi connectivity index (χ3n) is 2.51. The van der Waals surface area contributed by atoms with E-state index in [-0.39, 0.29) is 21.4 Å². The Bertz CT molecular complexity index is 660. The zero-order valence-corrected chi connectivity index (χ0v) is 11.5. The molecule has 0 heterocycles. The van der Waals surface area contributed by atoms with E-state index in [1.807, 2.05) is 0 Å². The van der Waals surface area contributed by atoms with Crippen molar-refractivity contribution in [3.8, 4) is 5.75 Å². The fraction of sp³-hybridized carbons (Fsp3) is 0.0714. The Morgan fingerprint density at radius 3 is 2.60 bits per heavy atom. The van der Waals surface area contributed by atoms with Crippen LogP contribution in [0.1, 0.15) is 10.4 Å². The van der Waals surface area contributed by atoms with E-state index in [1.165, 1.54) is 6.07 Å². The molecule has 2 rings (SSSR count). The van der Waals surface area contributed by atoms with Crippen molar-refractivity contribution in [3.63, 3.8) is 0 Å². The minimum Gasteiger partial charge on any atom is -0.484 e. The molecule has 0 aliphatic rings. The maximum atomic E-state index is 13.4. The average molecular weight is 317 g/mol. The predicted octanol–water partition coefficient (Wildman–Crippen LogP) is 4.53. The van der Waals surface area contributed by atoms with Gasteiger partial charge in [-0.05, 0) is 24.3 Å². The van der Waals surface area contributed by atoms with E-state index < -0.39 is 24.0 Å². The van der Waals surface area contributed by atoms with Crippen LogP contribution in [-0.2, 0) is 0 Å². The molecule has 20 heavy (non-hydrogen) atoms. The van der Waals surface area contributed by atoms with Crippen molar-refractivity contribution < 1.29 is 18.3 Å². The van der Waals surface area contributed by atoms with Gasteiger partial charge in [0.2, 0.25) is 5.78 Å². The van der Waals surface area contributed by atoms with Crippen LogP contribution in [0.5, 0.6) is 5.75 Å². The van der Waals surface area contributed by atoms with Gasteiger partial charge in [0.25, 0.3) is 0 Å². The first-order chi connectivity index (χ1) is 9.49. The van der Waals surface area contributed by atoms with Crippen molar-refractivity contribution in [2.45, 2.75) is 0 Å².